The minimum absolute atomic E-state index is 0.279. The molecule has 6 rings (SSSR count). The Balaban J connectivity index is 1.28. The Morgan fingerprint density at radius 1 is 0.667 bits per heavy atom. The standard InChI is InChI=1S/C24H28N2O5S2/c1-2-5-21(6-3-1)32-31-33-23-8-4-7-22(25(9-17-13-27-17)10-18-14-28-18)24(23)26(11-19-15-29-19)12-20-16-30-20/h1-8,17-20H,9-16H2. The number of nitrogens with zero attached hydrogens (tertiary/aromatic N) is 2. The van der Waals surface area contributed by atoms with E-state index in [0.717, 1.165) is 62.4 Å². The minimum Gasteiger partial charge on any atom is -0.371 e. The van der Waals surface area contributed by atoms with Crippen molar-refractivity contribution in [2.24, 2.45) is 0 Å². The Kier molecular flexibility index (Phi) is 6.70. The quantitative estimate of drug-likeness (QED) is 0.293. The van der Waals surface area contributed by atoms with Crippen molar-refractivity contribution in [2.45, 2.75) is 34.2 Å². The van der Waals surface area contributed by atoms with Gasteiger partial charge in [0.05, 0.1) is 67.1 Å². The van der Waals surface area contributed by atoms with Crippen molar-refractivity contribution in [3.05, 3.63) is 48.5 Å². The molecule has 0 aliphatic carbocycles. The summed E-state index contributed by atoms with van der Waals surface area (Å²) in [6.07, 6.45) is 1.15. The van der Waals surface area contributed by atoms with Crippen LogP contribution in [-0.4, -0.2) is 77.0 Å². The summed E-state index contributed by atoms with van der Waals surface area (Å²) in [5.41, 5.74) is 2.38. The van der Waals surface area contributed by atoms with Crippen molar-refractivity contribution >= 4 is 35.5 Å². The maximum Gasteiger partial charge on any atom is 0.0984 e. The van der Waals surface area contributed by atoms with Crippen LogP contribution >= 0.6 is 24.1 Å². The van der Waals surface area contributed by atoms with Crippen LogP contribution in [0.2, 0.25) is 0 Å². The molecule has 4 unspecified atom stereocenters. The van der Waals surface area contributed by atoms with Crippen molar-refractivity contribution in [1.29, 1.82) is 0 Å². The first kappa shape index (κ1) is 22.0. The van der Waals surface area contributed by atoms with Crippen molar-refractivity contribution < 1.29 is 22.6 Å². The van der Waals surface area contributed by atoms with Crippen LogP contribution in [0.5, 0.6) is 0 Å². The first-order chi connectivity index (χ1) is 16.3. The fourth-order valence-electron chi connectivity index (χ4n) is 3.93. The van der Waals surface area contributed by atoms with Crippen LogP contribution in [0.15, 0.2) is 58.3 Å². The highest BCUT2D eigenvalue weighted by atomic mass is 32.2. The number of rotatable bonds is 14. The molecule has 9 heteroatoms. The normalized spacial score (nSPS) is 26.7. The predicted molar refractivity (Wildman–Crippen MR) is 129 cm³/mol. The van der Waals surface area contributed by atoms with Crippen molar-refractivity contribution in [1.82, 2.24) is 0 Å². The van der Waals surface area contributed by atoms with E-state index in [9.17, 15) is 0 Å². The average Bonchev–Trinajstić information content (AvgIpc) is 3.66. The van der Waals surface area contributed by atoms with E-state index in [0.29, 0.717) is 12.2 Å². The third-order valence-corrected chi connectivity index (χ3v) is 7.46. The lowest BCUT2D eigenvalue weighted by Crippen LogP contribution is -2.37. The number of para-hydroxylation sites is 1. The fraction of sp³-hybridized carbons (Fsp3) is 0.500. The maximum atomic E-state index is 6.04. The topological polar surface area (TPSA) is 65.8 Å². The molecule has 0 radical (unpaired) electrons. The third kappa shape index (κ3) is 6.36. The number of hydrogen-bond donors (Lipinski definition) is 0. The van der Waals surface area contributed by atoms with E-state index in [1.165, 1.54) is 35.5 Å². The SMILES string of the molecule is c1ccc(SOSc2cccc(N(CC3CO3)CC3CO3)c2N(CC2CO2)CC2CO2)cc1. The van der Waals surface area contributed by atoms with Gasteiger partial charge in [-0.2, -0.15) is 0 Å². The van der Waals surface area contributed by atoms with Gasteiger partial charge in [0.2, 0.25) is 0 Å². The predicted octanol–water partition coefficient (Wildman–Crippen LogP) is 3.63. The van der Waals surface area contributed by atoms with Gasteiger partial charge in [-0.15, -0.1) is 0 Å². The van der Waals surface area contributed by atoms with Crippen LogP contribution in [0, 0.1) is 0 Å². The Bertz CT molecular complexity index is 908. The van der Waals surface area contributed by atoms with Crippen LogP contribution in [0.1, 0.15) is 0 Å². The third-order valence-electron chi connectivity index (χ3n) is 5.94. The van der Waals surface area contributed by atoms with Crippen molar-refractivity contribution in [2.75, 3.05) is 62.4 Å². The number of anilines is 2. The van der Waals surface area contributed by atoms with Crippen molar-refractivity contribution in [3.8, 4) is 0 Å². The van der Waals surface area contributed by atoms with Crippen LogP contribution in [0.25, 0.3) is 0 Å². The highest BCUT2D eigenvalue weighted by Gasteiger charge is 2.36. The molecule has 33 heavy (non-hydrogen) atoms. The summed E-state index contributed by atoms with van der Waals surface area (Å²) < 4.78 is 28.4. The molecule has 0 saturated carbocycles. The monoisotopic (exact) mass is 488 g/mol. The lowest BCUT2D eigenvalue weighted by Gasteiger charge is -2.33. The average molecular weight is 489 g/mol. The van der Waals surface area contributed by atoms with Gasteiger partial charge in [0.1, 0.15) is 0 Å². The van der Waals surface area contributed by atoms with Gasteiger partial charge in [0.15, 0.2) is 0 Å². The molecular formula is C24H28N2O5S2. The molecule has 4 heterocycles. The molecule has 4 aliphatic rings. The molecule has 0 aromatic heterocycles. The van der Waals surface area contributed by atoms with E-state index in [-0.39, 0.29) is 12.2 Å². The zero-order valence-corrected chi connectivity index (χ0v) is 20.0. The number of hydrogen-bond acceptors (Lipinski definition) is 9. The summed E-state index contributed by atoms with van der Waals surface area (Å²) in [6.45, 7) is 6.75. The second-order valence-electron chi connectivity index (χ2n) is 8.80. The molecule has 0 bridgehead atoms. The van der Waals surface area contributed by atoms with Crippen LogP contribution < -0.4 is 9.80 Å². The molecular weight excluding hydrogens is 460 g/mol. The molecule has 0 spiro atoms. The number of benzene rings is 2. The van der Waals surface area contributed by atoms with Crippen molar-refractivity contribution in [3.63, 3.8) is 0 Å². The summed E-state index contributed by atoms with van der Waals surface area (Å²) in [5, 5.41) is 0. The molecule has 4 saturated heterocycles. The maximum absolute atomic E-state index is 6.04. The fourth-order valence-corrected chi connectivity index (χ4v) is 5.38. The minimum atomic E-state index is 0.279. The number of ether oxygens (including phenoxy) is 4. The summed E-state index contributed by atoms with van der Waals surface area (Å²) >= 11 is 2.80. The van der Waals surface area contributed by atoms with E-state index in [4.69, 9.17) is 22.6 Å². The molecule has 0 amide bonds. The Morgan fingerprint density at radius 2 is 1.21 bits per heavy atom. The zero-order chi connectivity index (χ0) is 22.0. The molecule has 4 atom stereocenters. The van der Waals surface area contributed by atoms with E-state index < -0.39 is 0 Å². The van der Waals surface area contributed by atoms with E-state index >= 15 is 0 Å². The molecule has 7 nitrogen and oxygen atoms in total. The van der Waals surface area contributed by atoms with E-state index in [1.807, 2.05) is 18.2 Å². The van der Waals surface area contributed by atoms with Gasteiger partial charge in [-0.05, 0) is 24.3 Å². The molecule has 2 aromatic rings. The smallest absolute Gasteiger partial charge is 0.0984 e. The Morgan fingerprint density at radius 3 is 1.76 bits per heavy atom. The van der Waals surface area contributed by atoms with Crippen LogP contribution in [-0.2, 0) is 22.6 Å². The van der Waals surface area contributed by atoms with Gasteiger partial charge in [-0.3, -0.25) is 0 Å². The molecule has 176 valence electrons. The summed E-state index contributed by atoms with van der Waals surface area (Å²) in [5.74, 6) is 0. The second kappa shape index (κ2) is 10.0. The van der Waals surface area contributed by atoms with Gasteiger partial charge in [-0.1, -0.05) is 24.3 Å². The van der Waals surface area contributed by atoms with Gasteiger partial charge >= 0.3 is 0 Å². The number of epoxide rings is 4. The molecule has 0 N–H and O–H groups in total. The van der Waals surface area contributed by atoms with E-state index in [1.54, 1.807) is 0 Å². The summed E-state index contributed by atoms with van der Waals surface area (Å²) in [6, 6.07) is 16.6. The Hall–Kier alpha value is -1.46. The Labute approximate surface area is 203 Å². The first-order valence-corrected chi connectivity index (χ1v) is 13.0. The largest absolute Gasteiger partial charge is 0.371 e. The van der Waals surface area contributed by atoms with E-state index in [2.05, 4.69) is 40.1 Å². The lowest BCUT2D eigenvalue weighted by molar-refractivity contribution is 0.386. The second-order valence-corrected chi connectivity index (χ2v) is 10.6. The molecule has 4 fully saturated rings. The first-order valence-electron chi connectivity index (χ1n) is 11.5. The molecule has 4 aliphatic heterocycles. The summed E-state index contributed by atoms with van der Waals surface area (Å²) in [7, 11) is 0. The zero-order valence-electron chi connectivity index (χ0n) is 18.3. The summed E-state index contributed by atoms with van der Waals surface area (Å²) in [4.78, 5) is 7.03. The molecule has 2 aromatic carbocycles. The van der Waals surface area contributed by atoms with Gasteiger partial charge in [0.25, 0.3) is 0 Å². The lowest BCUT2D eigenvalue weighted by atomic mass is 10.1. The van der Waals surface area contributed by atoms with Crippen LogP contribution in [0.4, 0.5) is 11.4 Å². The van der Waals surface area contributed by atoms with Gasteiger partial charge < -0.3 is 28.7 Å². The van der Waals surface area contributed by atoms with Gasteiger partial charge in [-0.25, -0.2) is 3.63 Å². The van der Waals surface area contributed by atoms with Crippen LogP contribution in [0.3, 0.4) is 0 Å². The highest BCUT2D eigenvalue weighted by Crippen LogP contribution is 2.43. The highest BCUT2D eigenvalue weighted by molar-refractivity contribution is 8.08. The van der Waals surface area contributed by atoms with Gasteiger partial charge in [0, 0.05) is 55.2 Å².